The number of hydrazine groups is 1. The average Bonchev–Trinajstić information content (AvgIpc) is 2.41. The van der Waals surface area contributed by atoms with Crippen molar-refractivity contribution in [3.8, 4) is 0 Å². The third kappa shape index (κ3) is 2.59. The number of hydrogen-bond acceptors (Lipinski definition) is 4. The van der Waals surface area contributed by atoms with Crippen LogP contribution < -0.4 is 11.3 Å². The normalized spacial score (nSPS) is 12.5. The predicted octanol–water partition coefficient (Wildman–Crippen LogP) is 1.92. The highest BCUT2D eigenvalue weighted by molar-refractivity contribution is 5.32. The maximum Gasteiger partial charge on any atom is 0.164 e. The highest BCUT2D eigenvalue weighted by atomic mass is 19.2. The lowest BCUT2D eigenvalue weighted by Gasteiger charge is -2.17. The number of nitrogens with one attached hydrogen (secondary N) is 1. The van der Waals surface area contributed by atoms with E-state index in [0.717, 1.165) is 5.69 Å². The fourth-order valence-electron chi connectivity index (χ4n) is 1.77. The minimum Gasteiger partial charge on any atom is -0.271 e. The van der Waals surface area contributed by atoms with Crippen LogP contribution in [0.5, 0.6) is 0 Å². The molecule has 0 aliphatic rings. The van der Waals surface area contributed by atoms with E-state index in [2.05, 4.69) is 15.4 Å². The molecule has 3 N–H and O–H groups in total. The highest BCUT2D eigenvalue weighted by Gasteiger charge is 2.21. The first-order valence-electron chi connectivity index (χ1n) is 5.73. The molecule has 1 atom stereocenters. The van der Waals surface area contributed by atoms with E-state index < -0.39 is 17.7 Å². The SMILES string of the molecule is Cc1cnc(C(NN)c2ccc(C)c(F)c2F)cn1. The van der Waals surface area contributed by atoms with Crippen molar-refractivity contribution in [1.29, 1.82) is 0 Å². The molecule has 2 rings (SSSR count). The Balaban J connectivity index is 2.48. The fourth-order valence-corrected chi connectivity index (χ4v) is 1.77. The van der Waals surface area contributed by atoms with Gasteiger partial charge >= 0.3 is 0 Å². The summed E-state index contributed by atoms with van der Waals surface area (Å²) in [7, 11) is 0. The molecule has 0 amide bonds. The second-order valence-electron chi connectivity index (χ2n) is 4.28. The molecule has 0 saturated heterocycles. The molecule has 0 radical (unpaired) electrons. The molecule has 1 aromatic carbocycles. The minimum atomic E-state index is -0.926. The van der Waals surface area contributed by atoms with Crippen molar-refractivity contribution in [3.05, 3.63) is 58.7 Å². The monoisotopic (exact) mass is 264 g/mol. The lowest BCUT2D eigenvalue weighted by molar-refractivity contribution is 0.476. The Morgan fingerprint density at radius 3 is 2.42 bits per heavy atom. The maximum absolute atomic E-state index is 13.9. The summed E-state index contributed by atoms with van der Waals surface area (Å²) in [6, 6.07) is 2.24. The van der Waals surface area contributed by atoms with Crippen LogP contribution in [-0.4, -0.2) is 9.97 Å². The molecule has 0 aliphatic carbocycles. The molecule has 0 saturated carbocycles. The molecule has 2 aromatic rings. The lowest BCUT2D eigenvalue weighted by atomic mass is 10.0. The van der Waals surface area contributed by atoms with Gasteiger partial charge in [-0.25, -0.2) is 14.2 Å². The van der Waals surface area contributed by atoms with Gasteiger partial charge in [-0.05, 0) is 19.4 Å². The van der Waals surface area contributed by atoms with Crippen LogP contribution >= 0.6 is 0 Å². The molecule has 1 heterocycles. The molecule has 0 bridgehead atoms. The molecular formula is C13H14F2N4. The molecule has 1 unspecified atom stereocenters. The van der Waals surface area contributed by atoms with Crippen LogP contribution in [0, 0.1) is 25.5 Å². The van der Waals surface area contributed by atoms with Gasteiger partial charge in [-0.2, -0.15) is 0 Å². The third-order valence-electron chi connectivity index (χ3n) is 2.88. The number of aromatic nitrogens is 2. The van der Waals surface area contributed by atoms with Crippen LogP contribution in [0.4, 0.5) is 8.78 Å². The van der Waals surface area contributed by atoms with Gasteiger partial charge < -0.3 is 0 Å². The zero-order valence-electron chi connectivity index (χ0n) is 10.6. The van der Waals surface area contributed by atoms with Crippen LogP contribution in [0.3, 0.4) is 0 Å². The molecule has 0 fully saturated rings. The first kappa shape index (κ1) is 13.5. The van der Waals surface area contributed by atoms with Gasteiger partial charge in [0, 0.05) is 11.8 Å². The van der Waals surface area contributed by atoms with Crippen molar-refractivity contribution < 1.29 is 8.78 Å². The van der Waals surface area contributed by atoms with E-state index in [1.165, 1.54) is 25.3 Å². The van der Waals surface area contributed by atoms with Crippen LogP contribution in [0.25, 0.3) is 0 Å². The summed E-state index contributed by atoms with van der Waals surface area (Å²) in [6.07, 6.45) is 3.03. The van der Waals surface area contributed by atoms with E-state index in [-0.39, 0.29) is 11.1 Å². The Morgan fingerprint density at radius 2 is 1.84 bits per heavy atom. The number of halogens is 2. The summed E-state index contributed by atoms with van der Waals surface area (Å²) in [5.41, 5.74) is 3.93. The number of aryl methyl sites for hydroxylation is 2. The van der Waals surface area contributed by atoms with Crippen molar-refractivity contribution in [2.75, 3.05) is 0 Å². The van der Waals surface area contributed by atoms with Gasteiger partial charge in [-0.3, -0.25) is 15.8 Å². The Hall–Kier alpha value is -1.92. The van der Waals surface area contributed by atoms with Crippen molar-refractivity contribution in [2.45, 2.75) is 19.9 Å². The van der Waals surface area contributed by atoms with E-state index >= 15 is 0 Å². The van der Waals surface area contributed by atoms with Crippen molar-refractivity contribution in [2.24, 2.45) is 5.84 Å². The molecule has 1 aromatic heterocycles. The summed E-state index contributed by atoms with van der Waals surface area (Å²) in [5.74, 6) is 3.62. The minimum absolute atomic E-state index is 0.101. The summed E-state index contributed by atoms with van der Waals surface area (Å²) in [5, 5.41) is 0. The van der Waals surface area contributed by atoms with Gasteiger partial charge in [0.25, 0.3) is 0 Å². The standard InChI is InChI=1S/C13H14F2N4/c1-7-3-4-9(12(15)11(7)14)13(19-16)10-6-17-8(2)5-18-10/h3-6,13,19H,16H2,1-2H3. The Kier molecular flexibility index (Phi) is 3.82. The predicted molar refractivity (Wildman–Crippen MR) is 67.0 cm³/mol. The Bertz CT molecular complexity index is 584. The second kappa shape index (κ2) is 5.38. The van der Waals surface area contributed by atoms with Gasteiger partial charge in [-0.1, -0.05) is 12.1 Å². The zero-order chi connectivity index (χ0) is 14.0. The first-order chi connectivity index (χ1) is 9.04. The van der Waals surface area contributed by atoms with E-state index in [4.69, 9.17) is 5.84 Å². The van der Waals surface area contributed by atoms with Crippen molar-refractivity contribution in [3.63, 3.8) is 0 Å². The number of rotatable bonds is 3. The van der Waals surface area contributed by atoms with E-state index in [1.54, 1.807) is 13.1 Å². The smallest absolute Gasteiger partial charge is 0.164 e. The van der Waals surface area contributed by atoms with Crippen molar-refractivity contribution >= 4 is 0 Å². The van der Waals surface area contributed by atoms with Crippen molar-refractivity contribution in [1.82, 2.24) is 15.4 Å². The van der Waals surface area contributed by atoms with E-state index in [9.17, 15) is 8.78 Å². The van der Waals surface area contributed by atoms with E-state index in [0.29, 0.717) is 5.69 Å². The molecule has 4 nitrogen and oxygen atoms in total. The molecule has 0 aliphatic heterocycles. The lowest BCUT2D eigenvalue weighted by Crippen LogP contribution is -2.30. The number of hydrogen-bond donors (Lipinski definition) is 2. The second-order valence-corrected chi connectivity index (χ2v) is 4.28. The van der Waals surface area contributed by atoms with Crippen LogP contribution in [0.15, 0.2) is 24.5 Å². The zero-order valence-corrected chi connectivity index (χ0v) is 10.6. The van der Waals surface area contributed by atoms with Gasteiger partial charge in [0.15, 0.2) is 11.6 Å². The summed E-state index contributed by atoms with van der Waals surface area (Å²) in [6.45, 7) is 3.28. The largest absolute Gasteiger partial charge is 0.271 e. The number of nitrogens with zero attached hydrogens (tertiary/aromatic N) is 2. The highest BCUT2D eigenvalue weighted by Crippen LogP contribution is 2.25. The van der Waals surface area contributed by atoms with Gasteiger partial charge in [-0.15, -0.1) is 0 Å². The van der Waals surface area contributed by atoms with Crippen LogP contribution in [-0.2, 0) is 0 Å². The molecule has 19 heavy (non-hydrogen) atoms. The first-order valence-corrected chi connectivity index (χ1v) is 5.73. The fraction of sp³-hybridized carbons (Fsp3) is 0.231. The Morgan fingerprint density at radius 1 is 1.11 bits per heavy atom. The average molecular weight is 264 g/mol. The topological polar surface area (TPSA) is 63.8 Å². The van der Waals surface area contributed by atoms with E-state index in [1.807, 2.05) is 0 Å². The quantitative estimate of drug-likeness (QED) is 0.656. The van der Waals surface area contributed by atoms with Gasteiger partial charge in [0.05, 0.1) is 23.6 Å². The van der Waals surface area contributed by atoms with Gasteiger partial charge in [0.1, 0.15) is 0 Å². The number of benzene rings is 1. The summed E-state index contributed by atoms with van der Waals surface area (Å²) >= 11 is 0. The molecular weight excluding hydrogens is 250 g/mol. The molecule has 6 heteroatoms. The number of nitrogens with two attached hydrogens (primary N) is 1. The molecule has 0 spiro atoms. The van der Waals surface area contributed by atoms with Gasteiger partial charge in [0.2, 0.25) is 0 Å². The third-order valence-corrected chi connectivity index (χ3v) is 2.88. The maximum atomic E-state index is 13.9. The Labute approximate surface area is 109 Å². The molecule has 100 valence electrons. The van der Waals surface area contributed by atoms with Crippen LogP contribution in [0.2, 0.25) is 0 Å². The summed E-state index contributed by atoms with van der Waals surface area (Å²) in [4.78, 5) is 8.19. The summed E-state index contributed by atoms with van der Waals surface area (Å²) < 4.78 is 27.5. The van der Waals surface area contributed by atoms with Crippen LogP contribution in [0.1, 0.15) is 28.6 Å².